The fraction of sp³-hybridized carbons (Fsp3) is 0.538. The SMILES string of the molecule is Fc1ccc2c(c1)[C@@]1(CCC2)COCCN1. The molecule has 2 aliphatic rings. The number of nitrogens with one attached hydrogen (secondary N) is 1. The Bertz CT molecular complexity index is 399. The summed E-state index contributed by atoms with van der Waals surface area (Å²) < 4.78 is 18.9. The van der Waals surface area contributed by atoms with Crippen molar-refractivity contribution in [1.82, 2.24) is 5.32 Å². The van der Waals surface area contributed by atoms with Crippen molar-refractivity contribution in [3.8, 4) is 0 Å². The minimum atomic E-state index is -0.146. The Kier molecular flexibility index (Phi) is 2.45. The number of aryl methyl sites for hydroxylation is 1. The van der Waals surface area contributed by atoms with Gasteiger partial charge in [0.15, 0.2) is 0 Å². The van der Waals surface area contributed by atoms with Gasteiger partial charge in [0.1, 0.15) is 5.82 Å². The molecule has 1 spiro atoms. The second-order valence-corrected chi connectivity index (χ2v) is 4.72. The number of benzene rings is 1. The largest absolute Gasteiger partial charge is 0.378 e. The maximum Gasteiger partial charge on any atom is 0.123 e. The number of ether oxygens (including phenoxy) is 1. The summed E-state index contributed by atoms with van der Waals surface area (Å²) in [5.41, 5.74) is 2.25. The van der Waals surface area contributed by atoms with E-state index >= 15 is 0 Å². The quantitative estimate of drug-likeness (QED) is 0.723. The van der Waals surface area contributed by atoms with Crippen LogP contribution in [0.2, 0.25) is 0 Å². The van der Waals surface area contributed by atoms with E-state index in [0.29, 0.717) is 6.61 Å². The summed E-state index contributed by atoms with van der Waals surface area (Å²) in [7, 11) is 0. The second kappa shape index (κ2) is 3.82. The zero-order valence-electron chi connectivity index (χ0n) is 9.26. The Morgan fingerprint density at radius 1 is 1.38 bits per heavy atom. The number of morpholine rings is 1. The standard InChI is InChI=1S/C13H16FNO/c14-11-4-3-10-2-1-5-13(12(10)8-11)9-16-7-6-15-13/h3-4,8,15H,1-2,5-7,9H2/t13-/m1/s1. The first-order valence-electron chi connectivity index (χ1n) is 5.92. The van der Waals surface area contributed by atoms with E-state index in [1.165, 1.54) is 5.56 Å². The minimum absolute atomic E-state index is 0.131. The summed E-state index contributed by atoms with van der Waals surface area (Å²) in [6.07, 6.45) is 3.25. The molecule has 1 fully saturated rings. The zero-order valence-corrected chi connectivity index (χ0v) is 9.26. The predicted octanol–water partition coefficient (Wildman–Crippen LogP) is 1.98. The third-order valence-corrected chi connectivity index (χ3v) is 3.70. The van der Waals surface area contributed by atoms with E-state index < -0.39 is 0 Å². The molecule has 0 bridgehead atoms. The lowest BCUT2D eigenvalue weighted by Crippen LogP contribution is -2.53. The number of hydrogen-bond donors (Lipinski definition) is 1. The second-order valence-electron chi connectivity index (χ2n) is 4.72. The molecule has 1 aromatic carbocycles. The Hall–Kier alpha value is -0.930. The summed E-state index contributed by atoms with van der Waals surface area (Å²) in [5, 5.41) is 3.53. The molecule has 16 heavy (non-hydrogen) atoms. The molecule has 0 amide bonds. The predicted molar refractivity (Wildman–Crippen MR) is 59.8 cm³/mol. The van der Waals surface area contributed by atoms with Crippen LogP contribution in [0.25, 0.3) is 0 Å². The van der Waals surface area contributed by atoms with Crippen LogP contribution >= 0.6 is 0 Å². The van der Waals surface area contributed by atoms with Crippen LogP contribution in [0.4, 0.5) is 4.39 Å². The van der Waals surface area contributed by atoms with Crippen LogP contribution in [0, 0.1) is 5.82 Å². The first-order valence-corrected chi connectivity index (χ1v) is 5.92. The van der Waals surface area contributed by atoms with Crippen molar-refractivity contribution in [2.45, 2.75) is 24.8 Å². The van der Waals surface area contributed by atoms with Gasteiger partial charge in [-0.1, -0.05) is 6.07 Å². The molecule has 3 heteroatoms. The summed E-state index contributed by atoms with van der Waals surface area (Å²) >= 11 is 0. The van der Waals surface area contributed by atoms with Crippen molar-refractivity contribution >= 4 is 0 Å². The van der Waals surface area contributed by atoms with E-state index in [4.69, 9.17) is 4.74 Å². The van der Waals surface area contributed by atoms with E-state index in [1.807, 2.05) is 6.07 Å². The third-order valence-electron chi connectivity index (χ3n) is 3.70. The van der Waals surface area contributed by atoms with Gasteiger partial charge in [0.05, 0.1) is 18.8 Å². The van der Waals surface area contributed by atoms with E-state index in [9.17, 15) is 4.39 Å². The molecular formula is C13H16FNO. The lowest BCUT2D eigenvalue weighted by molar-refractivity contribution is 0.0168. The Morgan fingerprint density at radius 2 is 2.31 bits per heavy atom. The maximum atomic E-state index is 13.4. The summed E-state index contributed by atoms with van der Waals surface area (Å²) in [6.45, 7) is 2.28. The maximum absolute atomic E-state index is 13.4. The summed E-state index contributed by atoms with van der Waals surface area (Å²) in [5.74, 6) is -0.146. The van der Waals surface area contributed by atoms with Crippen LogP contribution in [0.5, 0.6) is 0 Å². The van der Waals surface area contributed by atoms with Crippen molar-refractivity contribution in [2.75, 3.05) is 19.8 Å². The molecule has 86 valence electrons. The minimum Gasteiger partial charge on any atom is -0.378 e. The van der Waals surface area contributed by atoms with Gasteiger partial charge in [-0.15, -0.1) is 0 Å². The van der Waals surface area contributed by atoms with Crippen LogP contribution in [-0.2, 0) is 16.7 Å². The number of fused-ring (bicyclic) bond motifs is 2. The smallest absolute Gasteiger partial charge is 0.123 e. The molecule has 0 saturated carbocycles. The molecule has 0 aromatic heterocycles. The van der Waals surface area contributed by atoms with Crippen molar-refractivity contribution in [1.29, 1.82) is 0 Å². The van der Waals surface area contributed by atoms with E-state index in [1.54, 1.807) is 12.1 Å². The molecule has 3 rings (SSSR count). The normalized spacial score (nSPS) is 29.1. The van der Waals surface area contributed by atoms with Crippen molar-refractivity contribution in [3.63, 3.8) is 0 Å². The van der Waals surface area contributed by atoms with Crippen LogP contribution in [-0.4, -0.2) is 19.8 Å². The lowest BCUT2D eigenvalue weighted by atomic mass is 9.76. The van der Waals surface area contributed by atoms with Gasteiger partial charge < -0.3 is 10.1 Å². The molecule has 1 N–H and O–H groups in total. The van der Waals surface area contributed by atoms with Gasteiger partial charge in [-0.3, -0.25) is 0 Å². The molecule has 1 saturated heterocycles. The van der Waals surface area contributed by atoms with Gasteiger partial charge in [0.2, 0.25) is 0 Å². The number of hydrogen-bond acceptors (Lipinski definition) is 2. The third kappa shape index (κ3) is 1.55. The molecule has 1 heterocycles. The fourth-order valence-corrected chi connectivity index (χ4v) is 2.92. The van der Waals surface area contributed by atoms with Crippen LogP contribution in [0.1, 0.15) is 24.0 Å². The monoisotopic (exact) mass is 221 g/mol. The number of halogens is 1. The van der Waals surface area contributed by atoms with Gasteiger partial charge in [-0.25, -0.2) is 4.39 Å². The van der Waals surface area contributed by atoms with E-state index in [0.717, 1.165) is 38.0 Å². The van der Waals surface area contributed by atoms with Gasteiger partial charge in [-0.05, 0) is 42.5 Å². The summed E-state index contributed by atoms with van der Waals surface area (Å²) in [6, 6.07) is 5.15. The molecule has 2 nitrogen and oxygen atoms in total. The molecular weight excluding hydrogens is 205 g/mol. The molecule has 1 atom stereocenters. The van der Waals surface area contributed by atoms with E-state index in [2.05, 4.69) is 5.32 Å². The average Bonchev–Trinajstić information content (AvgIpc) is 2.32. The van der Waals surface area contributed by atoms with Crippen LogP contribution in [0.15, 0.2) is 18.2 Å². The molecule has 0 radical (unpaired) electrons. The lowest BCUT2D eigenvalue weighted by Gasteiger charge is -2.42. The van der Waals surface area contributed by atoms with Gasteiger partial charge in [0, 0.05) is 6.54 Å². The Labute approximate surface area is 94.8 Å². The van der Waals surface area contributed by atoms with Gasteiger partial charge in [0.25, 0.3) is 0 Å². The topological polar surface area (TPSA) is 21.3 Å². The van der Waals surface area contributed by atoms with Gasteiger partial charge in [-0.2, -0.15) is 0 Å². The first kappa shape index (κ1) is 10.2. The van der Waals surface area contributed by atoms with Crippen molar-refractivity contribution in [3.05, 3.63) is 35.1 Å². The Balaban J connectivity index is 2.06. The Morgan fingerprint density at radius 3 is 3.12 bits per heavy atom. The molecule has 1 aliphatic carbocycles. The fourth-order valence-electron chi connectivity index (χ4n) is 2.92. The van der Waals surface area contributed by atoms with Crippen LogP contribution < -0.4 is 5.32 Å². The average molecular weight is 221 g/mol. The zero-order chi connectivity index (χ0) is 11.0. The first-order chi connectivity index (χ1) is 7.80. The summed E-state index contributed by atoms with van der Waals surface area (Å²) in [4.78, 5) is 0. The highest BCUT2D eigenvalue weighted by molar-refractivity contribution is 5.37. The van der Waals surface area contributed by atoms with Crippen molar-refractivity contribution in [2.24, 2.45) is 0 Å². The van der Waals surface area contributed by atoms with Crippen molar-refractivity contribution < 1.29 is 9.13 Å². The van der Waals surface area contributed by atoms with E-state index in [-0.39, 0.29) is 11.4 Å². The molecule has 1 aliphatic heterocycles. The number of rotatable bonds is 0. The molecule has 0 unspecified atom stereocenters. The van der Waals surface area contributed by atoms with Gasteiger partial charge >= 0.3 is 0 Å². The van der Waals surface area contributed by atoms with Crippen LogP contribution in [0.3, 0.4) is 0 Å². The molecule has 1 aromatic rings. The highest BCUT2D eigenvalue weighted by atomic mass is 19.1. The highest BCUT2D eigenvalue weighted by Crippen LogP contribution is 2.37. The highest BCUT2D eigenvalue weighted by Gasteiger charge is 2.38.